The Kier molecular flexibility index (Phi) is 5.22. The maximum atomic E-state index is 13.1. The smallest absolute Gasteiger partial charge is 0.123 e. The quantitative estimate of drug-likeness (QED) is 0.758. The zero-order valence-corrected chi connectivity index (χ0v) is 9.70. The highest BCUT2D eigenvalue weighted by Gasteiger charge is 2.13. The molecule has 0 aromatic heterocycles. The van der Waals surface area contributed by atoms with Gasteiger partial charge in [-0.25, -0.2) is 4.39 Å². The van der Waals surface area contributed by atoms with Crippen molar-refractivity contribution in [3.8, 4) is 5.75 Å². The number of ether oxygens (including phenoxy) is 2. The van der Waals surface area contributed by atoms with Crippen molar-refractivity contribution < 1.29 is 13.9 Å². The zero-order chi connectivity index (χ0) is 12.0. The van der Waals surface area contributed by atoms with Crippen LogP contribution in [-0.4, -0.2) is 20.3 Å². The van der Waals surface area contributed by atoms with E-state index in [4.69, 9.17) is 15.2 Å². The Hall–Kier alpha value is -1.13. The van der Waals surface area contributed by atoms with Crippen LogP contribution in [0.5, 0.6) is 5.75 Å². The number of benzene rings is 1. The number of halogens is 1. The van der Waals surface area contributed by atoms with Gasteiger partial charge in [-0.2, -0.15) is 0 Å². The van der Waals surface area contributed by atoms with Crippen molar-refractivity contribution in [2.75, 3.05) is 20.3 Å². The van der Waals surface area contributed by atoms with Gasteiger partial charge < -0.3 is 15.2 Å². The summed E-state index contributed by atoms with van der Waals surface area (Å²) in [5, 5.41) is 0. The summed E-state index contributed by atoms with van der Waals surface area (Å²) in [5.74, 6) is 0.274. The minimum absolute atomic E-state index is 0.318. The summed E-state index contributed by atoms with van der Waals surface area (Å²) >= 11 is 0. The lowest BCUT2D eigenvalue weighted by Crippen LogP contribution is -2.18. The Morgan fingerprint density at radius 3 is 2.81 bits per heavy atom. The first-order chi connectivity index (χ1) is 7.69. The second kappa shape index (κ2) is 6.45. The van der Waals surface area contributed by atoms with E-state index in [0.717, 1.165) is 6.42 Å². The average molecular weight is 227 g/mol. The molecule has 2 N–H and O–H groups in total. The van der Waals surface area contributed by atoms with Crippen molar-refractivity contribution in [2.45, 2.75) is 19.4 Å². The van der Waals surface area contributed by atoms with Crippen molar-refractivity contribution in [2.24, 2.45) is 5.73 Å². The van der Waals surface area contributed by atoms with Gasteiger partial charge in [-0.1, -0.05) is 6.92 Å². The fourth-order valence-corrected chi connectivity index (χ4v) is 1.44. The Morgan fingerprint density at radius 1 is 1.44 bits per heavy atom. The highest BCUT2D eigenvalue weighted by Crippen LogP contribution is 2.24. The molecular formula is C12H18FNO2. The first kappa shape index (κ1) is 12.9. The van der Waals surface area contributed by atoms with Crippen molar-refractivity contribution in [3.05, 3.63) is 29.6 Å². The second-order valence-corrected chi connectivity index (χ2v) is 3.57. The topological polar surface area (TPSA) is 44.5 Å². The third-order valence-corrected chi connectivity index (χ3v) is 2.24. The minimum atomic E-state index is -0.364. The van der Waals surface area contributed by atoms with Gasteiger partial charge in [0.05, 0.1) is 19.8 Å². The summed E-state index contributed by atoms with van der Waals surface area (Å²) in [7, 11) is 1.54. The third-order valence-electron chi connectivity index (χ3n) is 2.24. The monoisotopic (exact) mass is 227 g/mol. The Morgan fingerprint density at radius 2 is 2.19 bits per heavy atom. The van der Waals surface area contributed by atoms with Crippen LogP contribution in [0, 0.1) is 5.82 Å². The van der Waals surface area contributed by atoms with E-state index in [1.807, 2.05) is 6.92 Å². The summed E-state index contributed by atoms with van der Waals surface area (Å²) in [6, 6.07) is 3.95. The van der Waals surface area contributed by atoms with E-state index in [-0.39, 0.29) is 11.9 Å². The Bertz CT molecular complexity index is 331. The van der Waals surface area contributed by atoms with Crippen molar-refractivity contribution in [1.82, 2.24) is 0 Å². The maximum absolute atomic E-state index is 13.1. The standard InChI is InChI=1S/C12H18FNO2/c1-3-6-16-8-11(14)10-7-9(13)4-5-12(10)15-2/h4-5,7,11H,3,6,8,14H2,1-2H3. The van der Waals surface area contributed by atoms with Gasteiger partial charge in [0.2, 0.25) is 0 Å². The van der Waals surface area contributed by atoms with E-state index in [2.05, 4.69) is 0 Å². The molecule has 0 radical (unpaired) electrons. The average Bonchev–Trinajstić information content (AvgIpc) is 2.29. The molecule has 0 aliphatic carbocycles. The normalized spacial score (nSPS) is 12.5. The fraction of sp³-hybridized carbons (Fsp3) is 0.500. The van der Waals surface area contributed by atoms with Crippen molar-refractivity contribution in [1.29, 1.82) is 0 Å². The summed E-state index contributed by atoms with van der Waals surface area (Å²) in [6.07, 6.45) is 0.938. The number of hydrogen-bond acceptors (Lipinski definition) is 3. The molecule has 16 heavy (non-hydrogen) atoms. The highest BCUT2D eigenvalue weighted by atomic mass is 19.1. The summed E-state index contributed by atoms with van der Waals surface area (Å²) in [5.41, 5.74) is 6.55. The molecule has 1 rings (SSSR count). The van der Waals surface area contributed by atoms with Crippen molar-refractivity contribution in [3.63, 3.8) is 0 Å². The lowest BCUT2D eigenvalue weighted by atomic mass is 10.1. The largest absolute Gasteiger partial charge is 0.496 e. The molecule has 1 aromatic rings. The van der Waals surface area contributed by atoms with E-state index < -0.39 is 0 Å². The summed E-state index contributed by atoms with van der Waals surface area (Å²) in [4.78, 5) is 0. The Balaban J connectivity index is 2.72. The summed E-state index contributed by atoms with van der Waals surface area (Å²) < 4.78 is 23.5. The third kappa shape index (κ3) is 3.47. The van der Waals surface area contributed by atoms with Crippen LogP contribution in [0.1, 0.15) is 24.9 Å². The molecular weight excluding hydrogens is 209 g/mol. The predicted molar refractivity (Wildman–Crippen MR) is 61.0 cm³/mol. The molecule has 0 bridgehead atoms. The van der Waals surface area contributed by atoms with Crippen LogP contribution in [0.3, 0.4) is 0 Å². The van der Waals surface area contributed by atoms with E-state index in [9.17, 15) is 4.39 Å². The van der Waals surface area contributed by atoms with Gasteiger partial charge in [-0.15, -0.1) is 0 Å². The van der Waals surface area contributed by atoms with Gasteiger partial charge in [0.15, 0.2) is 0 Å². The number of nitrogens with two attached hydrogens (primary N) is 1. The molecule has 0 fully saturated rings. The minimum Gasteiger partial charge on any atom is -0.496 e. The van der Waals surface area contributed by atoms with Gasteiger partial charge in [0.25, 0.3) is 0 Å². The molecule has 3 nitrogen and oxygen atoms in total. The maximum Gasteiger partial charge on any atom is 0.123 e. The molecule has 0 aliphatic rings. The first-order valence-electron chi connectivity index (χ1n) is 5.35. The molecule has 0 spiro atoms. The Labute approximate surface area is 95.4 Å². The van der Waals surface area contributed by atoms with Crippen LogP contribution >= 0.6 is 0 Å². The van der Waals surface area contributed by atoms with Crippen LogP contribution in [0.4, 0.5) is 4.39 Å². The second-order valence-electron chi connectivity index (χ2n) is 3.57. The van der Waals surface area contributed by atoms with Gasteiger partial charge in [0, 0.05) is 12.2 Å². The molecule has 0 amide bonds. The molecule has 0 saturated heterocycles. The van der Waals surface area contributed by atoms with Crippen LogP contribution in [-0.2, 0) is 4.74 Å². The molecule has 1 aromatic carbocycles. The van der Waals surface area contributed by atoms with Gasteiger partial charge in [0.1, 0.15) is 11.6 Å². The predicted octanol–water partition coefficient (Wildman–Crippen LogP) is 2.26. The van der Waals surface area contributed by atoms with Gasteiger partial charge in [-0.05, 0) is 24.6 Å². The molecule has 1 unspecified atom stereocenters. The number of rotatable bonds is 6. The molecule has 0 heterocycles. The zero-order valence-electron chi connectivity index (χ0n) is 9.70. The van der Waals surface area contributed by atoms with E-state index in [1.165, 1.54) is 19.2 Å². The summed E-state index contributed by atoms with van der Waals surface area (Å²) in [6.45, 7) is 3.05. The van der Waals surface area contributed by atoms with E-state index in [0.29, 0.717) is 24.5 Å². The molecule has 90 valence electrons. The van der Waals surface area contributed by atoms with E-state index >= 15 is 0 Å². The van der Waals surface area contributed by atoms with Crippen LogP contribution in [0.25, 0.3) is 0 Å². The molecule has 0 aliphatic heterocycles. The number of methoxy groups -OCH3 is 1. The van der Waals surface area contributed by atoms with Gasteiger partial charge in [-0.3, -0.25) is 0 Å². The lowest BCUT2D eigenvalue weighted by Gasteiger charge is -2.15. The van der Waals surface area contributed by atoms with Crippen LogP contribution in [0.15, 0.2) is 18.2 Å². The van der Waals surface area contributed by atoms with Gasteiger partial charge >= 0.3 is 0 Å². The highest BCUT2D eigenvalue weighted by molar-refractivity contribution is 5.36. The molecule has 4 heteroatoms. The lowest BCUT2D eigenvalue weighted by molar-refractivity contribution is 0.121. The van der Waals surface area contributed by atoms with Crippen molar-refractivity contribution >= 4 is 0 Å². The SMILES string of the molecule is CCCOCC(N)c1cc(F)ccc1OC. The molecule has 0 saturated carbocycles. The van der Waals surface area contributed by atoms with Crippen LogP contribution < -0.4 is 10.5 Å². The number of hydrogen-bond donors (Lipinski definition) is 1. The fourth-order valence-electron chi connectivity index (χ4n) is 1.44. The first-order valence-corrected chi connectivity index (χ1v) is 5.35. The van der Waals surface area contributed by atoms with E-state index in [1.54, 1.807) is 6.07 Å². The molecule has 1 atom stereocenters. The van der Waals surface area contributed by atoms with Crippen LogP contribution in [0.2, 0.25) is 0 Å².